The summed E-state index contributed by atoms with van der Waals surface area (Å²) in [5.74, 6) is -6.49. The highest BCUT2D eigenvalue weighted by molar-refractivity contribution is 6.12. The van der Waals surface area contributed by atoms with Gasteiger partial charge in [0.1, 0.15) is 14.4 Å². The molecule has 1 rings (SSSR count). The topological polar surface area (TPSA) is 77.8 Å². The molecule has 0 aromatic heterocycles. The van der Waals surface area contributed by atoms with Crippen LogP contribution < -0.4 is 0 Å². The fraction of sp³-hybridized carbons (Fsp3) is 0.556. The predicted molar refractivity (Wildman–Crippen MR) is 53.6 cm³/mol. The van der Waals surface area contributed by atoms with Gasteiger partial charge in [-0.3, -0.25) is 9.59 Å². The molecule has 92 valence electrons. The second-order valence-electron chi connectivity index (χ2n) is 3.68. The normalized spacial score (nSPS) is 25.5. The Morgan fingerprint density at radius 1 is 1.71 bits per heavy atom. The molecule has 0 spiro atoms. The Morgan fingerprint density at radius 2 is 2.29 bits per heavy atom. The molecule has 1 aliphatic rings. The lowest BCUT2D eigenvalue weighted by Gasteiger charge is -2.19. The summed E-state index contributed by atoms with van der Waals surface area (Å²) in [5, 5.41) is 17.3. The van der Waals surface area contributed by atoms with E-state index in [1.54, 1.807) is 0 Å². The van der Waals surface area contributed by atoms with Gasteiger partial charge in [0.15, 0.2) is 0 Å². The first kappa shape index (κ1) is 13.6. The summed E-state index contributed by atoms with van der Waals surface area (Å²) in [6.07, 6.45) is 1.31. The molecule has 0 unspecified atom stereocenters. The molecule has 2 atom stereocenters. The van der Waals surface area contributed by atoms with Crippen molar-refractivity contribution in [1.82, 2.24) is 4.90 Å². The van der Waals surface area contributed by atoms with Crippen LogP contribution in [0.1, 0.15) is 6.42 Å². The quantitative estimate of drug-likeness (QED) is 0.509. The molecule has 1 heterocycles. The first-order valence-corrected chi connectivity index (χ1v) is 4.76. The molecular formula is C9H10BF2NO4. The van der Waals surface area contributed by atoms with Crippen LogP contribution in [0.25, 0.3) is 0 Å². The summed E-state index contributed by atoms with van der Waals surface area (Å²) in [4.78, 5) is 22.2. The molecule has 8 heteroatoms. The number of amides is 1. The fourth-order valence-corrected chi connectivity index (χ4v) is 1.57. The number of aliphatic hydroxyl groups excluding tert-OH is 1. The number of carbonyl (C=O) groups excluding carboxylic acids is 1. The third-order valence-corrected chi connectivity index (χ3v) is 2.28. The van der Waals surface area contributed by atoms with Crippen molar-refractivity contribution in [1.29, 1.82) is 0 Å². The van der Waals surface area contributed by atoms with Crippen molar-refractivity contribution in [2.75, 3.05) is 6.54 Å². The lowest BCUT2D eigenvalue weighted by atomic mass is 9.99. The minimum Gasteiger partial charge on any atom is -0.480 e. The van der Waals surface area contributed by atoms with Crippen molar-refractivity contribution < 1.29 is 28.6 Å². The van der Waals surface area contributed by atoms with Crippen LogP contribution >= 0.6 is 0 Å². The number of alkyl halides is 2. The van der Waals surface area contributed by atoms with E-state index in [-0.39, 0.29) is 0 Å². The van der Waals surface area contributed by atoms with E-state index < -0.39 is 42.8 Å². The van der Waals surface area contributed by atoms with Crippen LogP contribution in [-0.4, -0.2) is 59.3 Å². The van der Waals surface area contributed by atoms with Gasteiger partial charge in [-0.05, 0) is 0 Å². The lowest BCUT2D eigenvalue weighted by molar-refractivity contribution is -0.152. The molecule has 1 saturated heterocycles. The Bertz CT molecular complexity index is 359. The van der Waals surface area contributed by atoms with E-state index in [1.165, 1.54) is 0 Å². The Labute approximate surface area is 97.1 Å². The molecule has 0 aromatic rings. The van der Waals surface area contributed by atoms with Gasteiger partial charge in [-0.25, -0.2) is 0 Å². The van der Waals surface area contributed by atoms with E-state index >= 15 is 0 Å². The van der Waals surface area contributed by atoms with Gasteiger partial charge in [0, 0.05) is 12.4 Å². The van der Waals surface area contributed by atoms with Crippen LogP contribution in [0.4, 0.5) is 8.78 Å². The predicted octanol–water partition coefficient (Wildman–Crippen LogP) is -0.650. The van der Waals surface area contributed by atoms with E-state index in [1.807, 2.05) is 0 Å². The summed E-state index contributed by atoms with van der Waals surface area (Å²) in [5.41, 5.74) is 0. The van der Waals surface area contributed by atoms with Crippen molar-refractivity contribution >= 4 is 19.7 Å². The van der Waals surface area contributed by atoms with E-state index in [0.717, 1.165) is 12.2 Å². The molecule has 0 aliphatic carbocycles. The number of carbonyl (C=O) groups is 2. The summed E-state index contributed by atoms with van der Waals surface area (Å²) >= 11 is 0. The van der Waals surface area contributed by atoms with E-state index in [9.17, 15) is 18.4 Å². The van der Waals surface area contributed by atoms with Gasteiger partial charge < -0.3 is 15.1 Å². The highest BCUT2D eigenvalue weighted by Gasteiger charge is 2.52. The molecule has 0 bridgehead atoms. The second-order valence-corrected chi connectivity index (χ2v) is 3.68. The molecule has 5 nitrogen and oxygen atoms in total. The van der Waals surface area contributed by atoms with E-state index in [4.69, 9.17) is 18.1 Å². The minimum atomic E-state index is -3.58. The Hall–Kier alpha value is -1.44. The van der Waals surface area contributed by atoms with Crippen LogP contribution in [-0.2, 0) is 9.59 Å². The first-order chi connectivity index (χ1) is 7.74. The number of likely N-dealkylation sites (tertiary alicyclic amines) is 1. The number of aliphatic hydroxyl groups is 1. The SMILES string of the molecule is [B][C@@H](O)/C=C/[C@H]1CC(F)(F)C(=O)N1CC(=O)O. The monoisotopic (exact) mass is 245 g/mol. The second kappa shape index (κ2) is 4.83. The van der Waals surface area contributed by atoms with Gasteiger partial charge in [0.25, 0.3) is 5.91 Å². The standard InChI is InChI=1S/C9H10BF2NO4/c10-6(14)2-1-5-3-9(11,12)8(17)13(5)4-7(15)16/h1-2,5-6,14H,3-4H2,(H,15,16)/b2-1+/t5-,6-/m0/s1. The summed E-state index contributed by atoms with van der Waals surface area (Å²) in [6.45, 7) is -0.815. The van der Waals surface area contributed by atoms with Gasteiger partial charge in [0.2, 0.25) is 0 Å². The smallest absolute Gasteiger partial charge is 0.327 e. The van der Waals surface area contributed by atoms with Gasteiger partial charge in [0.05, 0.1) is 6.04 Å². The maximum Gasteiger partial charge on any atom is 0.327 e. The summed E-state index contributed by atoms with van der Waals surface area (Å²) in [6, 6.07) is -2.42. The zero-order valence-electron chi connectivity index (χ0n) is 8.72. The van der Waals surface area contributed by atoms with Crippen molar-refractivity contribution in [3.8, 4) is 0 Å². The van der Waals surface area contributed by atoms with Crippen LogP contribution in [0, 0.1) is 0 Å². The average Bonchev–Trinajstić information content (AvgIpc) is 2.38. The maximum atomic E-state index is 13.1. The third-order valence-electron chi connectivity index (χ3n) is 2.28. The van der Waals surface area contributed by atoms with Gasteiger partial charge in [-0.2, -0.15) is 8.78 Å². The number of carboxylic acid groups (broad SMARTS) is 1. The van der Waals surface area contributed by atoms with Crippen LogP contribution in [0.15, 0.2) is 12.2 Å². The molecule has 1 fully saturated rings. The molecule has 0 saturated carbocycles. The van der Waals surface area contributed by atoms with Crippen molar-refractivity contribution in [3.05, 3.63) is 12.2 Å². The number of rotatable bonds is 4. The Kier molecular flexibility index (Phi) is 3.87. The lowest BCUT2D eigenvalue weighted by Crippen LogP contribution is -2.39. The number of hydrogen-bond acceptors (Lipinski definition) is 3. The Morgan fingerprint density at radius 3 is 2.76 bits per heavy atom. The van der Waals surface area contributed by atoms with E-state index in [0.29, 0.717) is 4.90 Å². The first-order valence-electron chi connectivity index (χ1n) is 4.76. The third kappa shape index (κ3) is 3.26. The number of nitrogens with zero attached hydrogens (tertiary/aromatic N) is 1. The fourth-order valence-electron chi connectivity index (χ4n) is 1.57. The number of carboxylic acids is 1. The van der Waals surface area contributed by atoms with Crippen molar-refractivity contribution in [2.24, 2.45) is 0 Å². The average molecular weight is 245 g/mol. The molecule has 2 radical (unpaired) electrons. The van der Waals surface area contributed by atoms with Crippen LogP contribution in [0.2, 0.25) is 0 Å². The number of aliphatic carboxylic acids is 1. The molecule has 1 amide bonds. The maximum absolute atomic E-state index is 13.1. The summed E-state index contributed by atoms with van der Waals surface area (Å²) < 4.78 is 26.2. The Balaban J connectivity index is 2.87. The number of halogens is 2. The van der Waals surface area contributed by atoms with E-state index in [2.05, 4.69) is 0 Å². The highest BCUT2D eigenvalue weighted by Crippen LogP contribution is 2.33. The van der Waals surface area contributed by atoms with Crippen molar-refractivity contribution in [3.63, 3.8) is 0 Å². The van der Waals surface area contributed by atoms with Crippen molar-refractivity contribution in [2.45, 2.75) is 24.4 Å². The van der Waals surface area contributed by atoms with Gasteiger partial charge in [-0.1, -0.05) is 12.2 Å². The van der Waals surface area contributed by atoms with Gasteiger partial charge >= 0.3 is 11.9 Å². The minimum absolute atomic E-state index is 0.543. The molecule has 1 aliphatic heterocycles. The molecule has 2 N–H and O–H groups in total. The molecule has 17 heavy (non-hydrogen) atoms. The molecule has 0 aromatic carbocycles. The highest BCUT2D eigenvalue weighted by atomic mass is 19.3. The van der Waals surface area contributed by atoms with Gasteiger partial charge in [-0.15, -0.1) is 0 Å². The van der Waals surface area contributed by atoms with Crippen LogP contribution in [0.3, 0.4) is 0 Å². The molecular weight excluding hydrogens is 235 g/mol. The van der Waals surface area contributed by atoms with Crippen LogP contribution in [0.5, 0.6) is 0 Å². The largest absolute Gasteiger partial charge is 0.480 e. The zero-order valence-corrected chi connectivity index (χ0v) is 8.72. The number of hydrogen-bond donors (Lipinski definition) is 2. The zero-order chi connectivity index (χ0) is 13.2. The summed E-state index contributed by atoms with van der Waals surface area (Å²) in [7, 11) is 4.98.